The van der Waals surface area contributed by atoms with Gasteiger partial charge in [0.1, 0.15) is 19.2 Å². The second kappa shape index (κ2) is 31.6. The summed E-state index contributed by atoms with van der Waals surface area (Å²) in [6.45, 7) is 23.1. The third-order valence-electron chi connectivity index (χ3n) is 6.71. The second-order valence-electron chi connectivity index (χ2n) is 10.0. The molecule has 50 heavy (non-hydrogen) atoms. The fraction of sp³-hybridized carbons (Fsp3) is 0.364. The largest absolute Gasteiger partial charge is 0.423 e. The van der Waals surface area contributed by atoms with E-state index in [2.05, 4.69) is 62.1 Å². The number of rotatable bonds is 9. The van der Waals surface area contributed by atoms with E-state index < -0.39 is 11.5 Å². The average Bonchev–Trinajstić information content (AvgIpc) is 3.44. The molecule has 6 heteroatoms. The summed E-state index contributed by atoms with van der Waals surface area (Å²) >= 11 is 0. The molecule has 1 heterocycles. The summed E-state index contributed by atoms with van der Waals surface area (Å²) in [6.07, 6.45) is 23.1. The van der Waals surface area contributed by atoms with Crippen LogP contribution in [0.15, 0.2) is 124 Å². The van der Waals surface area contributed by atoms with Crippen molar-refractivity contribution in [3.8, 4) is 0 Å². The maximum Gasteiger partial charge on any atom is 0.336 e. The van der Waals surface area contributed by atoms with E-state index in [0.717, 1.165) is 37.0 Å². The maximum absolute atomic E-state index is 13.8. The minimum Gasteiger partial charge on any atom is -0.423 e. The average molecular weight is 691 g/mol. The van der Waals surface area contributed by atoms with E-state index >= 15 is 0 Å². The fourth-order valence-electron chi connectivity index (χ4n) is 4.46. The highest BCUT2D eigenvalue weighted by atomic mass is 19.3. The van der Waals surface area contributed by atoms with Gasteiger partial charge in [0.2, 0.25) is 0 Å². The summed E-state index contributed by atoms with van der Waals surface area (Å²) in [7, 11) is 0. The molecule has 0 bridgehead atoms. The van der Waals surface area contributed by atoms with Crippen molar-refractivity contribution in [1.29, 1.82) is 0 Å². The Morgan fingerprint density at radius 1 is 0.860 bits per heavy atom. The van der Waals surface area contributed by atoms with E-state index in [-0.39, 0.29) is 16.5 Å². The van der Waals surface area contributed by atoms with Crippen molar-refractivity contribution in [3.63, 3.8) is 0 Å². The zero-order chi connectivity index (χ0) is 39.0. The molecule has 1 aliphatic rings. The number of fused-ring (bicyclic) bond motifs is 1. The molecule has 0 saturated carbocycles. The van der Waals surface area contributed by atoms with Gasteiger partial charge in [0.15, 0.2) is 0 Å². The molecule has 1 unspecified atom stereocenters. The Kier molecular flexibility index (Phi) is 31.4. The van der Waals surface area contributed by atoms with Crippen LogP contribution in [-0.2, 0) is 21.9 Å². The normalized spacial score (nSPS) is 11.6. The van der Waals surface area contributed by atoms with Crippen LogP contribution in [0.3, 0.4) is 0 Å². The van der Waals surface area contributed by atoms with Gasteiger partial charge in [0.05, 0.1) is 0 Å². The molecular formula is C44H60F2O4. The van der Waals surface area contributed by atoms with Gasteiger partial charge < -0.3 is 14.0 Å². The van der Waals surface area contributed by atoms with Crippen LogP contribution in [0.5, 0.6) is 0 Å². The van der Waals surface area contributed by atoms with Crippen molar-refractivity contribution in [2.75, 3.05) is 0 Å². The summed E-state index contributed by atoms with van der Waals surface area (Å²) in [5.74, 6) is -2.49. The van der Waals surface area contributed by atoms with E-state index in [1.54, 1.807) is 18.2 Å². The SMILES string of the molecule is C/C=C\C/C=C\CC(CC)C1=CC=CC=C=C1.C=O.C=O.CC.CC.CC.Cc1ccc(Cc2ccc3oc(=O)cc(C(C)(F)F)c3c2)cc1. The molecule has 3 aromatic rings. The van der Waals surface area contributed by atoms with Gasteiger partial charge >= 0.3 is 5.63 Å². The molecule has 0 aliphatic heterocycles. The first kappa shape index (κ1) is 49.7. The molecule has 274 valence electrons. The highest BCUT2D eigenvalue weighted by Gasteiger charge is 2.28. The first-order valence-corrected chi connectivity index (χ1v) is 17.3. The number of aryl methyl sites for hydroxylation is 1. The molecule has 0 N–H and O–H groups in total. The van der Waals surface area contributed by atoms with Gasteiger partial charge in [-0.3, -0.25) is 0 Å². The molecule has 4 rings (SSSR count). The Bertz CT molecular complexity index is 1540. The van der Waals surface area contributed by atoms with E-state index in [1.165, 1.54) is 17.6 Å². The molecule has 1 atom stereocenters. The van der Waals surface area contributed by atoms with Crippen molar-refractivity contribution in [2.24, 2.45) is 5.92 Å². The van der Waals surface area contributed by atoms with Crippen LogP contribution < -0.4 is 5.63 Å². The van der Waals surface area contributed by atoms with Gasteiger partial charge in [0.25, 0.3) is 5.92 Å². The Morgan fingerprint density at radius 2 is 1.46 bits per heavy atom. The fourth-order valence-corrected chi connectivity index (χ4v) is 4.46. The zero-order valence-corrected chi connectivity index (χ0v) is 32.0. The lowest BCUT2D eigenvalue weighted by molar-refractivity contribution is -0.0987. The maximum atomic E-state index is 13.8. The third-order valence-corrected chi connectivity index (χ3v) is 6.71. The topological polar surface area (TPSA) is 64.3 Å². The van der Waals surface area contributed by atoms with Crippen LogP contribution in [0.1, 0.15) is 104 Å². The van der Waals surface area contributed by atoms with Crippen molar-refractivity contribution in [2.45, 2.75) is 101 Å². The van der Waals surface area contributed by atoms with E-state index in [1.807, 2.05) is 98.5 Å². The molecule has 0 spiro atoms. The van der Waals surface area contributed by atoms with Crippen molar-refractivity contribution in [1.82, 2.24) is 0 Å². The molecular weight excluding hydrogens is 630 g/mol. The minimum absolute atomic E-state index is 0.182. The second-order valence-corrected chi connectivity index (χ2v) is 10.0. The summed E-state index contributed by atoms with van der Waals surface area (Å²) in [6, 6.07) is 14.0. The van der Waals surface area contributed by atoms with Crippen molar-refractivity contribution < 1.29 is 22.8 Å². The number of allylic oxidation sites excluding steroid dienone is 9. The summed E-state index contributed by atoms with van der Waals surface area (Å²) in [4.78, 5) is 27.5. The number of carbonyl (C=O) groups is 2. The number of carbonyl (C=O) groups excluding carboxylic acids is 2. The lowest BCUT2D eigenvalue weighted by Gasteiger charge is -2.13. The highest BCUT2D eigenvalue weighted by Crippen LogP contribution is 2.32. The quantitative estimate of drug-likeness (QED) is 0.127. The molecule has 1 aliphatic carbocycles. The minimum atomic E-state index is -3.10. The van der Waals surface area contributed by atoms with Crippen LogP contribution in [0.2, 0.25) is 0 Å². The Labute approximate surface area is 300 Å². The highest BCUT2D eigenvalue weighted by molar-refractivity contribution is 5.81. The zero-order valence-electron chi connectivity index (χ0n) is 32.0. The first-order chi connectivity index (χ1) is 24.2. The van der Waals surface area contributed by atoms with Gasteiger partial charge in [-0.2, -0.15) is 0 Å². The lowest BCUT2D eigenvalue weighted by atomic mass is 9.92. The number of hydrogen-bond donors (Lipinski definition) is 0. The van der Waals surface area contributed by atoms with Crippen molar-refractivity contribution >= 4 is 24.5 Å². The Balaban J connectivity index is -0.000000726. The van der Waals surface area contributed by atoms with Crippen LogP contribution >= 0.6 is 0 Å². The van der Waals surface area contributed by atoms with Gasteiger partial charge in [-0.25, -0.2) is 13.6 Å². The molecule has 1 aromatic heterocycles. The van der Waals surface area contributed by atoms with E-state index in [4.69, 9.17) is 14.0 Å². The van der Waals surface area contributed by atoms with Crippen LogP contribution in [0.25, 0.3) is 11.0 Å². The van der Waals surface area contributed by atoms with Crippen LogP contribution in [0, 0.1) is 12.8 Å². The summed E-state index contributed by atoms with van der Waals surface area (Å²) < 4.78 is 32.6. The van der Waals surface area contributed by atoms with E-state index in [0.29, 0.717) is 12.3 Å². The van der Waals surface area contributed by atoms with Gasteiger partial charge in [-0.05, 0) is 86.4 Å². The standard InChI is InChI=1S/C19H16F2O2.C17H22.3C2H6.2CH2O/c1-12-3-5-13(6-4-12)9-14-7-8-17-15(10-14)16(19(2,20)21)11-18(22)23-17;1-3-5-6-7-10-13-16(4-2)17-14-11-8-9-12-15-17;5*1-2/h3-8,10-11H,9H2,1-2H3;3,5,7-11,14-16H,4,6,13H2,1-2H3;3*1-2H3;2*1H2/b;5-3-,10-7-;;;;;. The van der Waals surface area contributed by atoms with Crippen LogP contribution in [0.4, 0.5) is 8.78 Å². The van der Waals surface area contributed by atoms with Gasteiger partial charge in [-0.1, -0.05) is 127 Å². The third kappa shape index (κ3) is 20.0. The van der Waals surface area contributed by atoms with Gasteiger partial charge in [-0.15, -0.1) is 5.73 Å². The molecule has 2 aromatic carbocycles. The number of hydrogen-bond acceptors (Lipinski definition) is 4. The lowest BCUT2D eigenvalue weighted by Crippen LogP contribution is -2.12. The number of benzene rings is 2. The summed E-state index contributed by atoms with van der Waals surface area (Å²) in [5.41, 5.74) is 6.84. The summed E-state index contributed by atoms with van der Waals surface area (Å²) in [5, 5.41) is 0.279. The number of alkyl halides is 2. The van der Waals surface area contributed by atoms with Crippen LogP contribution in [-0.4, -0.2) is 13.6 Å². The number of halogens is 2. The van der Waals surface area contributed by atoms with Gasteiger partial charge in [0, 0.05) is 23.9 Å². The predicted molar refractivity (Wildman–Crippen MR) is 211 cm³/mol. The molecule has 0 amide bonds. The smallest absolute Gasteiger partial charge is 0.336 e. The van der Waals surface area contributed by atoms with Crippen molar-refractivity contribution in [3.05, 3.63) is 147 Å². The molecule has 0 radical (unpaired) electrons. The Morgan fingerprint density at radius 3 is 2.02 bits per heavy atom. The Hall–Kier alpha value is -4.67. The monoisotopic (exact) mass is 690 g/mol. The van der Waals surface area contributed by atoms with E-state index in [9.17, 15) is 13.6 Å². The predicted octanol–water partition coefficient (Wildman–Crippen LogP) is 12.6. The molecule has 0 fully saturated rings. The first-order valence-electron chi connectivity index (χ1n) is 17.3. The molecule has 0 saturated heterocycles. The molecule has 4 nitrogen and oxygen atoms in total.